The molecular weight excluding hydrogens is 368 g/mol. The lowest BCUT2D eigenvalue weighted by atomic mass is 9.83. The molecule has 29 heavy (non-hydrogen) atoms. The second-order valence-corrected chi connectivity index (χ2v) is 6.56. The number of allylic oxidation sites excluding steroid dienone is 1. The Bertz CT molecular complexity index is 1140. The summed E-state index contributed by atoms with van der Waals surface area (Å²) in [5, 5.41) is 14.5. The third kappa shape index (κ3) is 2.86. The van der Waals surface area contributed by atoms with Gasteiger partial charge >= 0.3 is 0 Å². The molecule has 1 aliphatic heterocycles. The van der Waals surface area contributed by atoms with Gasteiger partial charge in [-0.1, -0.05) is 30.3 Å². The maximum Gasteiger partial charge on any atom is 0.229 e. The van der Waals surface area contributed by atoms with Crippen molar-refractivity contribution in [2.45, 2.75) is 12.8 Å². The summed E-state index contributed by atoms with van der Waals surface area (Å²) in [7, 11) is 3.14. The highest BCUT2D eigenvalue weighted by Gasteiger charge is 2.38. The summed E-state index contributed by atoms with van der Waals surface area (Å²) in [5.74, 6) is 1.15. The lowest BCUT2D eigenvalue weighted by Crippen LogP contribution is -2.22. The minimum Gasteiger partial charge on any atom is -0.493 e. The highest BCUT2D eigenvalue weighted by atomic mass is 16.5. The number of aryl methyl sites for hydroxylation is 1. The van der Waals surface area contributed by atoms with Gasteiger partial charge in [0.2, 0.25) is 11.8 Å². The van der Waals surface area contributed by atoms with Gasteiger partial charge in [0.05, 0.1) is 37.1 Å². The summed E-state index contributed by atoms with van der Waals surface area (Å²) in [6, 6.07) is 17.4. The van der Waals surface area contributed by atoms with E-state index in [0.717, 1.165) is 22.5 Å². The Morgan fingerprint density at radius 2 is 1.86 bits per heavy atom. The zero-order valence-electron chi connectivity index (χ0n) is 16.3. The third-order valence-corrected chi connectivity index (χ3v) is 4.98. The first-order chi connectivity index (χ1) is 14.1. The number of methoxy groups -OCH3 is 2. The van der Waals surface area contributed by atoms with Gasteiger partial charge in [0.15, 0.2) is 11.5 Å². The molecule has 7 heteroatoms. The van der Waals surface area contributed by atoms with Gasteiger partial charge in [-0.15, -0.1) is 0 Å². The van der Waals surface area contributed by atoms with Gasteiger partial charge in [0.1, 0.15) is 11.6 Å². The zero-order chi connectivity index (χ0) is 20.5. The molecule has 2 N–H and O–H groups in total. The Hall–Kier alpha value is -3.92. The number of hydrogen-bond acceptors (Lipinski definition) is 6. The van der Waals surface area contributed by atoms with Crippen LogP contribution in [0, 0.1) is 18.3 Å². The van der Waals surface area contributed by atoms with Crippen molar-refractivity contribution >= 4 is 0 Å². The summed E-state index contributed by atoms with van der Waals surface area (Å²) in [5.41, 5.74) is 9.57. The van der Waals surface area contributed by atoms with Gasteiger partial charge < -0.3 is 19.9 Å². The predicted molar refractivity (Wildman–Crippen MR) is 107 cm³/mol. The summed E-state index contributed by atoms with van der Waals surface area (Å²) < 4.78 is 18.7. The number of nitrogens with two attached hydrogens (primary N) is 1. The van der Waals surface area contributed by atoms with E-state index >= 15 is 0 Å². The standard InChI is InChI=1S/C22H20N4O3/c1-13-18-19(15-10-7-11-17(27-2)20(15)28-3)16(12-23)21(24)29-22(18)26(25-13)14-8-5-4-6-9-14/h4-11,19H,24H2,1-3H3/t19-/m1/s1. The van der Waals surface area contributed by atoms with Crippen LogP contribution in [0.25, 0.3) is 5.69 Å². The molecular formula is C22H20N4O3. The Balaban J connectivity index is 2.00. The molecule has 1 atom stereocenters. The maximum atomic E-state index is 9.86. The Morgan fingerprint density at radius 1 is 1.10 bits per heavy atom. The molecule has 1 aromatic heterocycles. The van der Waals surface area contributed by atoms with Crippen LogP contribution in [0.3, 0.4) is 0 Å². The summed E-state index contributed by atoms with van der Waals surface area (Å²) in [6.07, 6.45) is 0. The number of hydrogen-bond donors (Lipinski definition) is 1. The van der Waals surface area contributed by atoms with Gasteiger partial charge in [-0.2, -0.15) is 10.4 Å². The molecule has 3 aromatic rings. The highest BCUT2D eigenvalue weighted by Crippen LogP contribution is 2.48. The smallest absolute Gasteiger partial charge is 0.229 e. The average Bonchev–Trinajstić information content (AvgIpc) is 3.08. The van der Waals surface area contributed by atoms with Crippen molar-refractivity contribution in [1.29, 1.82) is 5.26 Å². The first-order valence-corrected chi connectivity index (χ1v) is 9.04. The highest BCUT2D eigenvalue weighted by molar-refractivity contribution is 5.62. The van der Waals surface area contributed by atoms with Crippen LogP contribution in [0.5, 0.6) is 17.4 Å². The van der Waals surface area contributed by atoms with Crippen LogP contribution < -0.4 is 19.9 Å². The quantitative estimate of drug-likeness (QED) is 0.736. The molecule has 0 aliphatic carbocycles. The number of nitriles is 1. The minimum atomic E-state index is -0.494. The van der Waals surface area contributed by atoms with Crippen molar-refractivity contribution in [3.63, 3.8) is 0 Å². The largest absolute Gasteiger partial charge is 0.493 e. The predicted octanol–water partition coefficient (Wildman–Crippen LogP) is 3.42. The van der Waals surface area contributed by atoms with E-state index in [1.54, 1.807) is 18.9 Å². The van der Waals surface area contributed by atoms with Crippen molar-refractivity contribution in [2.75, 3.05) is 14.2 Å². The number of rotatable bonds is 4. The van der Waals surface area contributed by atoms with Crippen LogP contribution in [0.2, 0.25) is 0 Å². The van der Waals surface area contributed by atoms with Crippen molar-refractivity contribution in [3.8, 4) is 29.1 Å². The first-order valence-electron chi connectivity index (χ1n) is 9.04. The number of nitrogens with zero attached hydrogens (tertiary/aromatic N) is 3. The summed E-state index contributed by atoms with van der Waals surface area (Å²) in [6.45, 7) is 1.89. The second-order valence-electron chi connectivity index (χ2n) is 6.56. The van der Waals surface area contributed by atoms with Gasteiger partial charge in [-0.05, 0) is 25.1 Å². The molecule has 0 saturated carbocycles. The molecule has 0 radical (unpaired) electrons. The normalized spacial score (nSPS) is 15.3. The molecule has 2 heterocycles. The van der Waals surface area contributed by atoms with E-state index in [1.165, 1.54) is 0 Å². The molecule has 2 aromatic carbocycles. The minimum absolute atomic E-state index is 0.0481. The van der Waals surface area contributed by atoms with Crippen molar-refractivity contribution in [1.82, 2.24) is 9.78 Å². The number of ether oxygens (including phenoxy) is 3. The summed E-state index contributed by atoms with van der Waals surface area (Å²) in [4.78, 5) is 0. The van der Waals surface area contributed by atoms with Crippen LogP contribution in [0.15, 0.2) is 60.0 Å². The van der Waals surface area contributed by atoms with E-state index in [2.05, 4.69) is 11.2 Å². The maximum absolute atomic E-state index is 9.86. The molecule has 0 amide bonds. The molecule has 1 aliphatic rings. The van der Waals surface area contributed by atoms with Crippen LogP contribution in [0.1, 0.15) is 22.7 Å². The SMILES string of the molecule is COc1cccc([C@@H]2C(C#N)=C(N)Oc3c2c(C)nn3-c2ccccc2)c1OC. The van der Waals surface area contributed by atoms with Crippen LogP contribution in [-0.2, 0) is 0 Å². The fourth-order valence-electron chi connectivity index (χ4n) is 3.71. The number of aromatic nitrogens is 2. The Labute approximate surface area is 168 Å². The first kappa shape index (κ1) is 18.4. The van der Waals surface area contributed by atoms with E-state index in [4.69, 9.17) is 19.9 Å². The molecule has 146 valence electrons. The van der Waals surface area contributed by atoms with Crippen molar-refractivity contribution in [2.24, 2.45) is 5.73 Å². The topological polar surface area (TPSA) is 95.3 Å². The van der Waals surface area contributed by atoms with E-state index < -0.39 is 5.92 Å². The van der Waals surface area contributed by atoms with Crippen molar-refractivity contribution < 1.29 is 14.2 Å². The molecule has 0 spiro atoms. The lowest BCUT2D eigenvalue weighted by molar-refractivity contribution is 0.346. The van der Waals surface area contributed by atoms with E-state index in [-0.39, 0.29) is 5.88 Å². The molecule has 0 fully saturated rings. The van der Waals surface area contributed by atoms with Gasteiger partial charge in [-0.3, -0.25) is 0 Å². The van der Waals surface area contributed by atoms with Gasteiger partial charge in [-0.25, -0.2) is 4.68 Å². The van der Waals surface area contributed by atoms with Crippen molar-refractivity contribution in [3.05, 3.63) is 76.8 Å². The number of fused-ring (bicyclic) bond motifs is 1. The van der Waals surface area contributed by atoms with E-state index in [1.807, 2.05) is 55.5 Å². The number of benzene rings is 2. The number of para-hydroxylation sites is 2. The van der Waals surface area contributed by atoms with Gasteiger partial charge in [0, 0.05) is 5.56 Å². The fourth-order valence-corrected chi connectivity index (χ4v) is 3.71. The third-order valence-electron chi connectivity index (χ3n) is 4.98. The molecule has 0 unspecified atom stereocenters. The Kier molecular flexibility index (Phi) is 4.61. The second kappa shape index (κ2) is 7.24. The fraction of sp³-hybridized carbons (Fsp3) is 0.182. The molecule has 0 bridgehead atoms. The van der Waals surface area contributed by atoms with Gasteiger partial charge in [0.25, 0.3) is 0 Å². The molecule has 7 nitrogen and oxygen atoms in total. The lowest BCUT2D eigenvalue weighted by Gasteiger charge is -2.26. The zero-order valence-corrected chi connectivity index (χ0v) is 16.3. The Morgan fingerprint density at radius 3 is 2.52 bits per heavy atom. The summed E-state index contributed by atoms with van der Waals surface area (Å²) >= 11 is 0. The van der Waals surface area contributed by atoms with Crippen LogP contribution >= 0.6 is 0 Å². The molecule has 0 saturated heterocycles. The van der Waals surface area contributed by atoms with Crippen LogP contribution in [0.4, 0.5) is 0 Å². The van der Waals surface area contributed by atoms with Crippen LogP contribution in [-0.4, -0.2) is 24.0 Å². The van der Waals surface area contributed by atoms with E-state index in [9.17, 15) is 5.26 Å². The van der Waals surface area contributed by atoms with E-state index in [0.29, 0.717) is 23.0 Å². The molecule has 4 rings (SSSR count). The average molecular weight is 388 g/mol. The monoisotopic (exact) mass is 388 g/mol.